The molecule has 32 heavy (non-hydrogen) atoms. The van der Waals surface area contributed by atoms with Crippen LogP contribution in [-0.4, -0.2) is 55.4 Å². The molecule has 1 atom stereocenters. The number of nitrogens with zero attached hydrogens (tertiary/aromatic N) is 5. The largest absolute Gasteiger partial charge is 0.350 e. The number of fused-ring (bicyclic) bond motifs is 1. The minimum absolute atomic E-state index is 0.0393. The Balaban J connectivity index is 1.33. The monoisotopic (exact) mass is 426 g/mol. The van der Waals surface area contributed by atoms with Crippen molar-refractivity contribution >= 4 is 23.0 Å². The van der Waals surface area contributed by atoms with E-state index in [-0.39, 0.29) is 24.4 Å². The van der Waals surface area contributed by atoms with Gasteiger partial charge in [0, 0.05) is 25.1 Å². The number of pyridine rings is 2. The van der Waals surface area contributed by atoms with Gasteiger partial charge in [0.05, 0.1) is 31.0 Å². The van der Waals surface area contributed by atoms with E-state index in [1.165, 1.54) is 0 Å². The Bertz CT molecular complexity index is 1260. The number of hydrogen-bond donors (Lipinski definition) is 1. The SMILES string of the molecule is O=C1CN(C(=O)c2cnc3c(c2)ncn3Cc2cccnc2)C[C@H](Cc2ccccc2)N1. The number of hydrogen-bond acceptors (Lipinski definition) is 5. The lowest BCUT2D eigenvalue weighted by Crippen LogP contribution is -2.56. The zero-order valence-corrected chi connectivity index (χ0v) is 17.4. The fourth-order valence-corrected chi connectivity index (χ4v) is 4.04. The van der Waals surface area contributed by atoms with Gasteiger partial charge in [0.25, 0.3) is 5.91 Å². The molecule has 4 aromatic rings. The lowest BCUT2D eigenvalue weighted by Gasteiger charge is -2.33. The maximum Gasteiger partial charge on any atom is 0.256 e. The second-order valence-electron chi connectivity index (χ2n) is 7.94. The van der Waals surface area contributed by atoms with Crippen molar-refractivity contribution < 1.29 is 9.59 Å². The van der Waals surface area contributed by atoms with Crippen LogP contribution in [0.3, 0.4) is 0 Å². The molecule has 1 aliphatic rings. The number of carbonyl (C=O) groups excluding carboxylic acids is 2. The summed E-state index contributed by atoms with van der Waals surface area (Å²) >= 11 is 0. The van der Waals surface area contributed by atoms with Crippen LogP contribution in [0.15, 0.2) is 73.4 Å². The van der Waals surface area contributed by atoms with E-state index in [2.05, 4.69) is 20.3 Å². The zero-order valence-electron chi connectivity index (χ0n) is 17.4. The van der Waals surface area contributed by atoms with Crippen LogP contribution in [0.5, 0.6) is 0 Å². The Hall–Kier alpha value is -4.07. The van der Waals surface area contributed by atoms with Crippen molar-refractivity contribution in [2.24, 2.45) is 0 Å². The van der Waals surface area contributed by atoms with Gasteiger partial charge >= 0.3 is 0 Å². The van der Waals surface area contributed by atoms with Gasteiger partial charge in [-0.2, -0.15) is 0 Å². The number of imidazole rings is 1. The molecule has 0 radical (unpaired) electrons. The highest BCUT2D eigenvalue weighted by molar-refractivity contribution is 5.98. The van der Waals surface area contributed by atoms with E-state index in [4.69, 9.17) is 0 Å². The Morgan fingerprint density at radius 3 is 2.72 bits per heavy atom. The van der Waals surface area contributed by atoms with Crippen LogP contribution in [0.2, 0.25) is 0 Å². The summed E-state index contributed by atoms with van der Waals surface area (Å²) < 4.78 is 1.92. The molecule has 4 heterocycles. The number of nitrogens with one attached hydrogen (secondary N) is 1. The van der Waals surface area contributed by atoms with E-state index >= 15 is 0 Å². The van der Waals surface area contributed by atoms with E-state index in [1.807, 2.05) is 47.0 Å². The zero-order chi connectivity index (χ0) is 21.9. The standard InChI is InChI=1S/C24H22N6O2/c31-22-15-29(14-20(28-22)9-17-5-2-1-3-6-17)24(32)19-10-21-23(26-12-19)30(16-27-21)13-18-7-4-8-25-11-18/h1-8,10-12,16,20H,9,13-15H2,(H,28,31)/t20-/m0/s1. The van der Waals surface area contributed by atoms with Crippen LogP contribution in [-0.2, 0) is 17.8 Å². The molecule has 1 fully saturated rings. The van der Waals surface area contributed by atoms with Gasteiger partial charge in [-0.3, -0.25) is 14.6 Å². The van der Waals surface area contributed by atoms with Gasteiger partial charge < -0.3 is 14.8 Å². The normalized spacial score (nSPS) is 16.2. The second kappa shape index (κ2) is 8.58. The molecule has 3 aromatic heterocycles. The number of rotatable bonds is 5. The first kappa shape index (κ1) is 19.9. The Labute approximate surface area is 184 Å². The second-order valence-corrected chi connectivity index (χ2v) is 7.94. The van der Waals surface area contributed by atoms with Crippen LogP contribution < -0.4 is 5.32 Å². The van der Waals surface area contributed by atoms with Crippen molar-refractivity contribution in [3.63, 3.8) is 0 Å². The highest BCUT2D eigenvalue weighted by Gasteiger charge is 2.29. The molecule has 0 spiro atoms. The number of piperazine rings is 1. The summed E-state index contributed by atoms with van der Waals surface area (Å²) in [5, 5.41) is 2.99. The van der Waals surface area contributed by atoms with Crippen molar-refractivity contribution in [3.05, 3.63) is 90.1 Å². The van der Waals surface area contributed by atoms with Gasteiger partial charge in [-0.25, -0.2) is 9.97 Å². The summed E-state index contributed by atoms with van der Waals surface area (Å²) in [5.41, 5.74) is 3.93. The Morgan fingerprint density at radius 2 is 1.91 bits per heavy atom. The first-order valence-corrected chi connectivity index (χ1v) is 10.5. The molecular weight excluding hydrogens is 404 g/mol. The fraction of sp³-hybridized carbons (Fsp3) is 0.208. The van der Waals surface area contributed by atoms with Gasteiger partial charge in [0.1, 0.15) is 5.52 Å². The predicted molar refractivity (Wildman–Crippen MR) is 119 cm³/mol. The summed E-state index contributed by atoms with van der Waals surface area (Å²) in [7, 11) is 0. The topological polar surface area (TPSA) is 93.0 Å². The summed E-state index contributed by atoms with van der Waals surface area (Å²) in [4.78, 5) is 40.0. The average molecular weight is 426 g/mol. The lowest BCUT2D eigenvalue weighted by molar-refractivity contribution is -0.124. The summed E-state index contributed by atoms with van der Waals surface area (Å²) in [5.74, 6) is -0.366. The maximum absolute atomic E-state index is 13.1. The van der Waals surface area contributed by atoms with Gasteiger partial charge in [-0.05, 0) is 29.7 Å². The minimum atomic E-state index is -0.214. The number of benzene rings is 1. The lowest BCUT2D eigenvalue weighted by atomic mass is 10.0. The quantitative estimate of drug-likeness (QED) is 0.527. The summed E-state index contributed by atoms with van der Waals surface area (Å²) in [6.45, 7) is 1.09. The third kappa shape index (κ3) is 4.20. The molecule has 160 valence electrons. The molecule has 8 nitrogen and oxygen atoms in total. The van der Waals surface area contributed by atoms with E-state index in [9.17, 15) is 9.59 Å². The number of aromatic nitrogens is 4. The van der Waals surface area contributed by atoms with E-state index in [0.29, 0.717) is 36.2 Å². The molecule has 8 heteroatoms. The van der Waals surface area contributed by atoms with Crippen LogP contribution in [0, 0.1) is 0 Å². The van der Waals surface area contributed by atoms with Gasteiger partial charge in [0.15, 0.2) is 5.65 Å². The smallest absolute Gasteiger partial charge is 0.256 e. The highest BCUT2D eigenvalue weighted by atomic mass is 16.2. The first-order valence-electron chi connectivity index (χ1n) is 10.5. The molecule has 1 aliphatic heterocycles. The molecule has 0 aliphatic carbocycles. The molecule has 1 N–H and O–H groups in total. The van der Waals surface area contributed by atoms with Crippen molar-refractivity contribution in [1.82, 2.24) is 29.7 Å². The number of carbonyl (C=O) groups is 2. The van der Waals surface area contributed by atoms with Crippen LogP contribution >= 0.6 is 0 Å². The van der Waals surface area contributed by atoms with Crippen molar-refractivity contribution in [2.75, 3.05) is 13.1 Å². The van der Waals surface area contributed by atoms with Crippen molar-refractivity contribution in [1.29, 1.82) is 0 Å². The molecule has 0 saturated carbocycles. The molecule has 0 unspecified atom stereocenters. The van der Waals surface area contributed by atoms with Crippen LogP contribution in [0.25, 0.3) is 11.2 Å². The Morgan fingerprint density at radius 1 is 1.06 bits per heavy atom. The van der Waals surface area contributed by atoms with Crippen molar-refractivity contribution in [2.45, 2.75) is 19.0 Å². The van der Waals surface area contributed by atoms with Crippen LogP contribution in [0.4, 0.5) is 0 Å². The molecular formula is C24H22N6O2. The van der Waals surface area contributed by atoms with E-state index < -0.39 is 0 Å². The van der Waals surface area contributed by atoms with E-state index in [1.54, 1.807) is 35.9 Å². The van der Waals surface area contributed by atoms with Crippen LogP contribution in [0.1, 0.15) is 21.5 Å². The average Bonchev–Trinajstić information content (AvgIpc) is 3.21. The number of amides is 2. The molecule has 0 bridgehead atoms. The van der Waals surface area contributed by atoms with Gasteiger partial charge in [0.2, 0.25) is 5.91 Å². The van der Waals surface area contributed by atoms with Gasteiger partial charge in [-0.1, -0.05) is 36.4 Å². The maximum atomic E-state index is 13.1. The highest BCUT2D eigenvalue weighted by Crippen LogP contribution is 2.17. The third-order valence-electron chi connectivity index (χ3n) is 5.53. The predicted octanol–water partition coefficient (Wildman–Crippen LogP) is 2.06. The molecule has 2 amide bonds. The Kier molecular flexibility index (Phi) is 5.33. The first-order chi connectivity index (χ1) is 15.7. The van der Waals surface area contributed by atoms with Crippen molar-refractivity contribution in [3.8, 4) is 0 Å². The molecule has 1 saturated heterocycles. The molecule has 5 rings (SSSR count). The van der Waals surface area contributed by atoms with Gasteiger partial charge in [-0.15, -0.1) is 0 Å². The summed E-state index contributed by atoms with van der Waals surface area (Å²) in [6.07, 6.45) is 7.48. The fourth-order valence-electron chi connectivity index (χ4n) is 4.04. The minimum Gasteiger partial charge on any atom is -0.350 e. The molecule has 1 aromatic carbocycles. The van der Waals surface area contributed by atoms with E-state index in [0.717, 1.165) is 11.1 Å². The summed E-state index contributed by atoms with van der Waals surface area (Å²) in [6, 6.07) is 15.4. The third-order valence-corrected chi connectivity index (χ3v) is 5.53.